The minimum absolute atomic E-state index is 0.141. The number of hydrogen-bond donors (Lipinski definition) is 3. The second-order valence-corrected chi connectivity index (χ2v) is 9.82. The highest BCUT2D eigenvalue weighted by Crippen LogP contribution is 2.31. The van der Waals surface area contributed by atoms with Gasteiger partial charge in [-0.25, -0.2) is 15.0 Å². The summed E-state index contributed by atoms with van der Waals surface area (Å²) in [6.07, 6.45) is 1.86. The van der Waals surface area contributed by atoms with Crippen LogP contribution >= 0.6 is 35.0 Å². The van der Waals surface area contributed by atoms with E-state index in [0.29, 0.717) is 33.5 Å². The second-order valence-electron chi connectivity index (χ2n) is 8.00. The Morgan fingerprint density at radius 1 is 1.19 bits per heavy atom. The average molecular weight is 544 g/mol. The van der Waals surface area contributed by atoms with Crippen LogP contribution in [0.1, 0.15) is 23.2 Å². The van der Waals surface area contributed by atoms with E-state index in [1.807, 2.05) is 12.1 Å². The fourth-order valence-corrected chi connectivity index (χ4v) is 4.43. The topological polar surface area (TPSA) is 140 Å². The van der Waals surface area contributed by atoms with Crippen LogP contribution in [0.25, 0.3) is 0 Å². The van der Waals surface area contributed by atoms with Crippen molar-refractivity contribution in [2.24, 2.45) is 16.5 Å². The Kier molecular flexibility index (Phi) is 8.42. The first-order valence-electron chi connectivity index (χ1n) is 11.0. The van der Waals surface area contributed by atoms with Crippen LogP contribution in [0.4, 0.5) is 17.3 Å². The molecule has 1 aromatic heterocycles. The highest BCUT2D eigenvalue weighted by molar-refractivity contribution is 7.99. The zero-order valence-corrected chi connectivity index (χ0v) is 21.4. The Bertz CT molecular complexity index is 1300. The van der Waals surface area contributed by atoms with Gasteiger partial charge in [-0.3, -0.25) is 4.79 Å². The normalized spacial score (nSPS) is 14.2. The van der Waals surface area contributed by atoms with Gasteiger partial charge in [0, 0.05) is 36.2 Å². The Balaban J connectivity index is 1.50. The van der Waals surface area contributed by atoms with E-state index in [-0.39, 0.29) is 23.2 Å². The van der Waals surface area contributed by atoms with E-state index in [9.17, 15) is 9.59 Å². The molecule has 36 heavy (non-hydrogen) atoms. The SMILES string of the molecule is NC(CC(N)C=O)=Nc1cc(N2CCC2)nc(Sc2ccc(NC(=O)c3cccc(Cl)c3Cl)cc2)n1. The van der Waals surface area contributed by atoms with E-state index < -0.39 is 6.04 Å². The molecular formula is C24H23Cl2N7O2S. The molecule has 0 radical (unpaired) electrons. The minimum Gasteiger partial charge on any atom is -0.387 e. The van der Waals surface area contributed by atoms with Crippen molar-refractivity contribution in [3.05, 3.63) is 64.1 Å². The summed E-state index contributed by atoms with van der Waals surface area (Å²) in [4.78, 5) is 39.9. The van der Waals surface area contributed by atoms with Crippen molar-refractivity contribution in [2.45, 2.75) is 28.9 Å². The lowest BCUT2D eigenvalue weighted by molar-refractivity contribution is -0.108. The number of nitrogens with two attached hydrogens (primary N) is 2. The third-order valence-corrected chi connectivity index (χ3v) is 6.95. The van der Waals surface area contributed by atoms with Gasteiger partial charge in [-0.2, -0.15) is 0 Å². The monoisotopic (exact) mass is 543 g/mol. The first-order chi connectivity index (χ1) is 17.3. The molecule has 5 N–H and O–H groups in total. The summed E-state index contributed by atoms with van der Waals surface area (Å²) in [6.45, 7) is 1.81. The van der Waals surface area contributed by atoms with E-state index in [1.54, 1.807) is 36.4 Å². The summed E-state index contributed by atoms with van der Waals surface area (Å²) >= 11 is 13.5. The number of nitrogens with zero attached hydrogens (tertiary/aromatic N) is 4. The van der Waals surface area contributed by atoms with Crippen molar-refractivity contribution >= 4 is 70.3 Å². The molecule has 1 saturated heterocycles. The van der Waals surface area contributed by atoms with Gasteiger partial charge < -0.3 is 26.5 Å². The smallest absolute Gasteiger partial charge is 0.257 e. The van der Waals surface area contributed by atoms with Gasteiger partial charge in [-0.15, -0.1) is 0 Å². The van der Waals surface area contributed by atoms with E-state index >= 15 is 0 Å². The molecule has 0 saturated carbocycles. The number of carbonyl (C=O) groups is 2. The van der Waals surface area contributed by atoms with Crippen LogP contribution in [0.5, 0.6) is 0 Å². The maximum absolute atomic E-state index is 12.6. The average Bonchev–Trinajstić information content (AvgIpc) is 2.80. The molecule has 1 atom stereocenters. The van der Waals surface area contributed by atoms with Crippen LogP contribution in [-0.2, 0) is 4.79 Å². The molecule has 1 amide bonds. The maximum atomic E-state index is 12.6. The van der Waals surface area contributed by atoms with Crippen LogP contribution in [0.2, 0.25) is 10.0 Å². The molecule has 1 unspecified atom stereocenters. The number of aldehydes is 1. The first kappa shape index (κ1) is 25.9. The molecule has 1 aliphatic rings. The van der Waals surface area contributed by atoms with Crippen molar-refractivity contribution in [1.29, 1.82) is 0 Å². The molecule has 1 aliphatic heterocycles. The zero-order chi connectivity index (χ0) is 25.7. The molecule has 4 rings (SSSR count). The van der Waals surface area contributed by atoms with Crippen LogP contribution in [0.15, 0.2) is 63.6 Å². The molecule has 2 aromatic carbocycles. The number of amides is 1. The summed E-state index contributed by atoms with van der Waals surface area (Å²) in [6, 6.07) is 13.2. The van der Waals surface area contributed by atoms with Crippen LogP contribution in [0.3, 0.4) is 0 Å². The third-order valence-electron chi connectivity index (χ3n) is 5.25. The molecule has 0 spiro atoms. The Morgan fingerprint density at radius 2 is 1.94 bits per heavy atom. The Labute approximate surface area is 222 Å². The predicted molar refractivity (Wildman–Crippen MR) is 144 cm³/mol. The molecule has 0 bridgehead atoms. The number of rotatable bonds is 9. The lowest BCUT2D eigenvalue weighted by Crippen LogP contribution is -2.37. The molecule has 0 aliphatic carbocycles. The number of aromatic nitrogens is 2. The predicted octanol–water partition coefficient (Wildman–Crippen LogP) is 4.30. The lowest BCUT2D eigenvalue weighted by atomic mass is 10.2. The number of aliphatic imine (C=N–C) groups is 1. The summed E-state index contributed by atoms with van der Waals surface area (Å²) in [5.41, 5.74) is 12.5. The van der Waals surface area contributed by atoms with Crippen molar-refractivity contribution in [3.63, 3.8) is 0 Å². The molecule has 1 fully saturated rings. The molecule has 186 valence electrons. The number of anilines is 2. The highest BCUT2D eigenvalue weighted by atomic mass is 35.5. The minimum atomic E-state index is -0.715. The number of hydrogen-bond acceptors (Lipinski definition) is 8. The highest BCUT2D eigenvalue weighted by Gasteiger charge is 2.19. The van der Waals surface area contributed by atoms with Gasteiger partial charge in [0.15, 0.2) is 11.0 Å². The van der Waals surface area contributed by atoms with Crippen molar-refractivity contribution in [1.82, 2.24) is 9.97 Å². The molecule has 9 nitrogen and oxygen atoms in total. The van der Waals surface area contributed by atoms with Crippen molar-refractivity contribution in [3.8, 4) is 0 Å². The largest absolute Gasteiger partial charge is 0.387 e. The molecule has 2 heterocycles. The van der Waals surface area contributed by atoms with Gasteiger partial charge in [-0.1, -0.05) is 29.3 Å². The van der Waals surface area contributed by atoms with Gasteiger partial charge >= 0.3 is 0 Å². The Hall–Kier alpha value is -3.18. The summed E-state index contributed by atoms with van der Waals surface area (Å²) < 4.78 is 0. The summed E-state index contributed by atoms with van der Waals surface area (Å²) in [7, 11) is 0. The fraction of sp³-hybridized carbons (Fsp3) is 0.208. The number of halogens is 2. The number of benzene rings is 2. The van der Waals surface area contributed by atoms with Crippen LogP contribution in [-0.4, -0.2) is 47.1 Å². The van der Waals surface area contributed by atoms with Gasteiger partial charge in [0.25, 0.3) is 5.91 Å². The fourth-order valence-electron chi connectivity index (χ4n) is 3.28. The zero-order valence-electron chi connectivity index (χ0n) is 19.0. The van der Waals surface area contributed by atoms with E-state index in [2.05, 4.69) is 25.2 Å². The lowest BCUT2D eigenvalue weighted by Gasteiger charge is -2.32. The van der Waals surface area contributed by atoms with E-state index in [0.717, 1.165) is 30.2 Å². The number of carbonyl (C=O) groups excluding carboxylic acids is 2. The number of nitrogens with one attached hydrogen (secondary N) is 1. The first-order valence-corrected chi connectivity index (χ1v) is 12.6. The Morgan fingerprint density at radius 3 is 2.61 bits per heavy atom. The van der Waals surface area contributed by atoms with Gasteiger partial charge in [-0.05, 0) is 54.6 Å². The quantitative estimate of drug-likeness (QED) is 0.157. The van der Waals surface area contributed by atoms with Crippen LogP contribution in [0, 0.1) is 0 Å². The van der Waals surface area contributed by atoms with Crippen molar-refractivity contribution in [2.75, 3.05) is 23.3 Å². The third kappa shape index (κ3) is 6.52. The van der Waals surface area contributed by atoms with Gasteiger partial charge in [0.2, 0.25) is 0 Å². The van der Waals surface area contributed by atoms with Crippen molar-refractivity contribution < 1.29 is 9.59 Å². The maximum Gasteiger partial charge on any atom is 0.257 e. The summed E-state index contributed by atoms with van der Waals surface area (Å²) in [5, 5.41) is 3.82. The van der Waals surface area contributed by atoms with E-state index in [4.69, 9.17) is 34.7 Å². The second kappa shape index (κ2) is 11.7. The molecular weight excluding hydrogens is 521 g/mol. The molecule has 3 aromatic rings. The van der Waals surface area contributed by atoms with E-state index in [1.165, 1.54) is 11.8 Å². The van der Waals surface area contributed by atoms with Gasteiger partial charge in [0.1, 0.15) is 17.9 Å². The van der Waals surface area contributed by atoms with Crippen LogP contribution < -0.4 is 21.7 Å². The standard InChI is InChI=1S/C24H23Cl2N7O2S/c25-18-4-1-3-17(22(18)26)23(35)29-15-5-7-16(8-6-15)36-24-31-20(30-19(28)11-14(27)13-34)12-21(32-24)33-9-2-10-33/h1,3-8,12-14H,2,9-11,27H2,(H,29,35)(H2,28,30,31,32). The molecule has 12 heteroatoms. The summed E-state index contributed by atoms with van der Waals surface area (Å²) in [5.74, 6) is 1.01. The number of amidine groups is 1. The van der Waals surface area contributed by atoms with Gasteiger partial charge in [0.05, 0.1) is 21.7 Å².